The summed E-state index contributed by atoms with van der Waals surface area (Å²) in [7, 11) is 0. The van der Waals surface area contributed by atoms with Crippen LogP contribution in [0.25, 0.3) is 0 Å². The maximum absolute atomic E-state index is 11.0. The molecule has 0 amide bonds. The zero-order valence-corrected chi connectivity index (χ0v) is 9.06. The number of nitrogens with zero attached hydrogens (tertiary/aromatic N) is 1. The Hall–Kier alpha value is -0.790. The topological polar surface area (TPSA) is 52.9 Å². The SMILES string of the molecule is CC(=O)SC1CCNC/C1=C/CC#N. The van der Waals surface area contributed by atoms with E-state index < -0.39 is 0 Å². The predicted octanol–water partition coefficient (Wildman–Crippen LogP) is 1.47. The molecule has 14 heavy (non-hydrogen) atoms. The summed E-state index contributed by atoms with van der Waals surface area (Å²) in [5.41, 5.74) is 1.19. The average molecular weight is 210 g/mol. The molecule has 1 N–H and O–H groups in total. The van der Waals surface area contributed by atoms with Crippen molar-refractivity contribution in [2.24, 2.45) is 0 Å². The molecule has 1 aliphatic heterocycles. The van der Waals surface area contributed by atoms with Gasteiger partial charge < -0.3 is 5.32 Å². The van der Waals surface area contributed by atoms with Gasteiger partial charge in [0, 0.05) is 18.7 Å². The minimum absolute atomic E-state index is 0.153. The molecule has 0 aromatic carbocycles. The van der Waals surface area contributed by atoms with Gasteiger partial charge in [0.2, 0.25) is 0 Å². The molecule has 1 atom stereocenters. The molecule has 4 heteroatoms. The number of hydrogen-bond donors (Lipinski definition) is 1. The molecule has 0 bridgehead atoms. The Morgan fingerprint density at radius 3 is 3.29 bits per heavy atom. The van der Waals surface area contributed by atoms with Gasteiger partial charge in [-0.05, 0) is 18.5 Å². The van der Waals surface area contributed by atoms with Crippen LogP contribution in [-0.4, -0.2) is 23.5 Å². The lowest BCUT2D eigenvalue weighted by molar-refractivity contribution is -0.109. The van der Waals surface area contributed by atoms with E-state index in [4.69, 9.17) is 5.26 Å². The van der Waals surface area contributed by atoms with Crippen molar-refractivity contribution >= 4 is 16.9 Å². The van der Waals surface area contributed by atoms with Crippen LogP contribution >= 0.6 is 11.8 Å². The number of carbonyl (C=O) groups is 1. The Balaban J connectivity index is 2.59. The Kier molecular flexibility index (Phi) is 4.71. The fraction of sp³-hybridized carbons (Fsp3) is 0.600. The standard InChI is InChI=1S/C10H14N2OS/c1-8(13)14-10-4-6-12-7-9(10)3-2-5-11/h3,10,12H,2,4,6-7H2,1H3/b9-3-. The first-order chi connectivity index (χ1) is 6.74. The van der Waals surface area contributed by atoms with E-state index in [2.05, 4.69) is 11.4 Å². The van der Waals surface area contributed by atoms with Gasteiger partial charge in [-0.2, -0.15) is 5.26 Å². The smallest absolute Gasteiger partial charge is 0.186 e. The summed E-state index contributed by atoms with van der Waals surface area (Å²) in [5.74, 6) is 0. The van der Waals surface area contributed by atoms with Crippen molar-refractivity contribution in [3.63, 3.8) is 0 Å². The lowest BCUT2D eigenvalue weighted by Crippen LogP contribution is -2.32. The molecule has 1 rings (SSSR count). The van der Waals surface area contributed by atoms with Gasteiger partial charge in [0.15, 0.2) is 5.12 Å². The van der Waals surface area contributed by atoms with Crippen LogP contribution in [0.5, 0.6) is 0 Å². The molecule has 1 aliphatic rings. The minimum atomic E-state index is 0.153. The second kappa shape index (κ2) is 5.84. The highest BCUT2D eigenvalue weighted by Crippen LogP contribution is 2.25. The largest absolute Gasteiger partial charge is 0.313 e. The molecule has 1 saturated heterocycles. The molecule has 3 nitrogen and oxygen atoms in total. The molecule has 0 saturated carbocycles. The fourth-order valence-electron chi connectivity index (χ4n) is 1.48. The van der Waals surface area contributed by atoms with Gasteiger partial charge in [-0.15, -0.1) is 0 Å². The van der Waals surface area contributed by atoms with Crippen LogP contribution in [0.3, 0.4) is 0 Å². The van der Waals surface area contributed by atoms with Crippen LogP contribution in [0.1, 0.15) is 19.8 Å². The molecule has 0 aromatic rings. The van der Waals surface area contributed by atoms with Crippen molar-refractivity contribution in [1.82, 2.24) is 5.32 Å². The molecule has 0 aromatic heterocycles. The van der Waals surface area contributed by atoms with E-state index in [0.29, 0.717) is 6.42 Å². The minimum Gasteiger partial charge on any atom is -0.313 e. The van der Waals surface area contributed by atoms with Gasteiger partial charge in [0.1, 0.15) is 0 Å². The van der Waals surface area contributed by atoms with Crippen molar-refractivity contribution in [3.8, 4) is 6.07 Å². The quantitative estimate of drug-likeness (QED) is 0.701. The van der Waals surface area contributed by atoms with Gasteiger partial charge in [0.25, 0.3) is 0 Å². The van der Waals surface area contributed by atoms with Crippen LogP contribution in [0.15, 0.2) is 11.6 Å². The molecule has 1 fully saturated rings. The van der Waals surface area contributed by atoms with Crippen LogP contribution < -0.4 is 5.32 Å². The summed E-state index contributed by atoms with van der Waals surface area (Å²) in [6.07, 6.45) is 3.35. The van der Waals surface area contributed by atoms with E-state index in [1.54, 1.807) is 6.92 Å². The second-order valence-electron chi connectivity index (χ2n) is 3.20. The van der Waals surface area contributed by atoms with E-state index in [-0.39, 0.29) is 10.4 Å². The normalized spacial score (nSPS) is 24.6. The van der Waals surface area contributed by atoms with Crippen molar-refractivity contribution in [1.29, 1.82) is 5.26 Å². The summed E-state index contributed by atoms with van der Waals surface area (Å²) in [6, 6.07) is 2.09. The maximum atomic E-state index is 11.0. The van der Waals surface area contributed by atoms with Crippen molar-refractivity contribution in [3.05, 3.63) is 11.6 Å². The third-order valence-electron chi connectivity index (χ3n) is 2.09. The Morgan fingerprint density at radius 2 is 2.64 bits per heavy atom. The van der Waals surface area contributed by atoms with Crippen LogP contribution in [0, 0.1) is 11.3 Å². The summed E-state index contributed by atoms with van der Waals surface area (Å²) in [6.45, 7) is 3.36. The molecule has 1 heterocycles. The number of hydrogen-bond acceptors (Lipinski definition) is 4. The highest BCUT2D eigenvalue weighted by molar-refractivity contribution is 8.14. The fourth-order valence-corrected chi connectivity index (χ4v) is 2.45. The predicted molar refractivity (Wildman–Crippen MR) is 57.9 cm³/mol. The Morgan fingerprint density at radius 1 is 1.86 bits per heavy atom. The molecular weight excluding hydrogens is 196 g/mol. The van der Waals surface area contributed by atoms with Gasteiger partial charge in [-0.1, -0.05) is 17.8 Å². The van der Waals surface area contributed by atoms with Crippen LogP contribution in [-0.2, 0) is 4.79 Å². The summed E-state index contributed by atoms with van der Waals surface area (Å²) in [4.78, 5) is 11.0. The molecule has 0 spiro atoms. The van der Waals surface area contributed by atoms with Gasteiger partial charge >= 0.3 is 0 Å². The summed E-state index contributed by atoms with van der Waals surface area (Å²) >= 11 is 1.38. The third kappa shape index (κ3) is 3.52. The van der Waals surface area contributed by atoms with E-state index >= 15 is 0 Å². The van der Waals surface area contributed by atoms with Crippen molar-refractivity contribution < 1.29 is 4.79 Å². The van der Waals surface area contributed by atoms with Gasteiger partial charge in [-0.25, -0.2) is 0 Å². The Bertz CT molecular complexity index is 280. The number of carbonyl (C=O) groups excluding carboxylic acids is 1. The van der Waals surface area contributed by atoms with E-state index in [0.717, 1.165) is 19.5 Å². The molecule has 0 aliphatic carbocycles. The molecule has 1 unspecified atom stereocenters. The third-order valence-corrected chi connectivity index (χ3v) is 3.24. The second-order valence-corrected chi connectivity index (χ2v) is 4.58. The first-order valence-corrected chi connectivity index (χ1v) is 5.56. The first kappa shape index (κ1) is 11.3. The van der Waals surface area contributed by atoms with Gasteiger partial charge in [-0.3, -0.25) is 4.79 Å². The molecule has 76 valence electrons. The molecular formula is C10H14N2OS. The lowest BCUT2D eigenvalue weighted by Gasteiger charge is -2.24. The van der Waals surface area contributed by atoms with Crippen LogP contribution in [0.4, 0.5) is 0 Å². The van der Waals surface area contributed by atoms with E-state index in [1.807, 2.05) is 6.08 Å². The number of rotatable bonds is 2. The zero-order valence-electron chi connectivity index (χ0n) is 8.25. The Labute approximate surface area is 88.6 Å². The number of nitriles is 1. The number of allylic oxidation sites excluding steroid dienone is 1. The lowest BCUT2D eigenvalue weighted by atomic mass is 10.1. The monoisotopic (exact) mass is 210 g/mol. The van der Waals surface area contributed by atoms with Crippen molar-refractivity contribution in [2.75, 3.05) is 13.1 Å². The number of piperidine rings is 1. The number of nitrogens with one attached hydrogen (secondary N) is 1. The van der Waals surface area contributed by atoms with Crippen molar-refractivity contribution in [2.45, 2.75) is 25.0 Å². The first-order valence-electron chi connectivity index (χ1n) is 4.68. The number of thioether (sulfide) groups is 1. The van der Waals surface area contributed by atoms with Crippen LogP contribution in [0.2, 0.25) is 0 Å². The molecule has 0 radical (unpaired) electrons. The van der Waals surface area contributed by atoms with E-state index in [1.165, 1.54) is 17.3 Å². The highest BCUT2D eigenvalue weighted by atomic mass is 32.2. The zero-order chi connectivity index (χ0) is 10.4. The maximum Gasteiger partial charge on any atom is 0.186 e. The highest BCUT2D eigenvalue weighted by Gasteiger charge is 2.20. The summed E-state index contributed by atoms with van der Waals surface area (Å²) in [5, 5.41) is 12.2. The van der Waals surface area contributed by atoms with E-state index in [9.17, 15) is 4.79 Å². The average Bonchev–Trinajstić information content (AvgIpc) is 2.16. The van der Waals surface area contributed by atoms with Gasteiger partial charge in [0.05, 0.1) is 12.5 Å². The summed E-state index contributed by atoms with van der Waals surface area (Å²) < 4.78 is 0.